The Morgan fingerprint density at radius 3 is 3.05 bits per heavy atom. The van der Waals surface area contributed by atoms with Gasteiger partial charge in [0.15, 0.2) is 0 Å². The first-order valence-corrected chi connectivity index (χ1v) is 7.07. The lowest BCUT2D eigenvalue weighted by Crippen LogP contribution is -2.39. The summed E-state index contributed by atoms with van der Waals surface area (Å²) in [6.07, 6.45) is 4.22. The van der Waals surface area contributed by atoms with E-state index >= 15 is 0 Å². The number of nitrogen functional groups attached to an aromatic ring is 1. The first-order valence-electron chi connectivity index (χ1n) is 7.07. The largest absolute Gasteiger partial charge is 0.324 e. The topological polar surface area (TPSA) is 57.4 Å². The molecule has 1 aromatic heterocycles. The van der Waals surface area contributed by atoms with Gasteiger partial charge in [-0.1, -0.05) is 6.92 Å². The summed E-state index contributed by atoms with van der Waals surface area (Å²) in [5.41, 5.74) is 4.69. The molecule has 2 heterocycles. The fourth-order valence-electron chi connectivity index (χ4n) is 2.75. The molecule has 106 valence electrons. The lowest BCUT2D eigenvalue weighted by Gasteiger charge is -2.29. The van der Waals surface area contributed by atoms with Crippen LogP contribution in [-0.4, -0.2) is 47.5 Å². The standard InChI is InChI=1S/C14H25N5/c1-3-14-11-18(2)7-4-8-19(14)10-13-9-12(17-15)5-6-16-13/h5-6,9,14H,3-4,7-8,10-11,15H2,1-2H3,(H,16,17). The molecule has 5 heteroatoms. The van der Waals surface area contributed by atoms with Crippen LogP contribution in [0.25, 0.3) is 0 Å². The predicted octanol–water partition coefficient (Wildman–Crippen LogP) is 1.28. The summed E-state index contributed by atoms with van der Waals surface area (Å²) in [7, 11) is 2.21. The van der Waals surface area contributed by atoms with Crippen LogP contribution in [0.5, 0.6) is 0 Å². The van der Waals surface area contributed by atoms with Crippen molar-refractivity contribution in [3.8, 4) is 0 Å². The Morgan fingerprint density at radius 2 is 2.32 bits per heavy atom. The molecule has 0 saturated carbocycles. The summed E-state index contributed by atoms with van der Waals surface area (Å²) < 4.78 is 0. The number of nitrogens with one attached hydrogen (secondary N) is 1. The molecule has 5 nitrogen and oxygen atoms in total. The third-order valence-electron chi connectivity index (χ3n) is 3.84. The number of aromatic nitrogens is 1. The molecular formula is C14H25N5. The van der Waals surface area contributed by atoms with Gasteiger partial charge >= 0.3 is 0 Å². The third-order valence-corrected chi connectivity index (χ3v) is 3.84. The summed E-state index contributed by atoms with van der Waals surface area (Å²) >= 11 is 0. The number of pyridine rings is 1. The van der Waals surface area contributed by atoms with Gasteiger partial charge in [-0.15, -0.1) is 0 Å². The van der Waals surface area contributed by atoms with Gasteiger partial charge in [-0.2, -0.15) is 0 Å². The molecule has 1 unspecified atom stereocenters. The van der Waals surface area contributed by atoms with Crippen LogP contribution < -0.4 is 11.3 Å². The van der Waals surface area contributed by atoms with Crippen molar-refractivity contribution in [2.75, 3.05) is 32.1 Å². The van der Waals surface area contributed by atoms with E-state index in [0.29, 0.717) is 6.04 Å². The van der Waals surface area contributed by atoms with Gasteiger partial charge in [-0.25, -0.2) is 0 Å². The lowest BCUT2D eigenvalue weighted by atomic mass is 10.1. The number of nitrogens with two attached hydrogens (primary N) is 1. The minimum atomic E-state index is 0.615. The van der Waals surface area contributed by atoms with Gasteiger partial charge in [-0.05, 0) is 38.6 Å². The molecule has 3 N–H and O–H groups in total. The second kappa shape index (κ2) is 6.84. The van der Waals surface area contributed by atoms with E-state index in [0.717, 1.165) is 31.0 Å². The van der Waals surface area contributed by atoms with E-state index in [4.69, 9.17) is 5.84 Å². The van der Waals surface area contributed by atoms with Crippen LogP contribution in [0.15, 0.2) is 18.3 Å². The zero-order valence-corrected chi connectivity index (χ0v) is 12.0. The van der Waals surface area contributed by atoms with Crippen molar-refractivity contribution in [2.24, 2.45) is 5.84 Å². The first kappa shape index (κ1) is 14.2. The van der Waals surface area contributed by atoms with Gasteiger partial charge in [-0.3, -0.25) is 15.7 Å². The highest BCUT2D eigenvalue weighted by Gasteiger charge is 2.22. The number of hydrogen-bond acceptors (Lipinski definition) is 5. The average molecular weight is 263 g/mol. The lowest BCUT2D eigenvalue weighted by molar-refractivity contribution is 0.174. The third kappa shape index (κ3) is 3.89. The summed E-state index contributed by atoms with van der Waals surface area (Å²) in [5.74, 6) is 5.45. The maximum atomic E-state index is 5.45. The van der Waals surface area contributed by atoms with E-state index in [9.17, 15) is 0 Å². The highest BCUT2D eigenvalue weighted by Crippen LogP contribution is 2.16. The average Bonchev–Trinajstić information content (AvgIpc) is 2.60. The Bertz CT molecular complexity index is 395. The van der Waals surface area contributed by atoms with Gasteiger partial charge < -0.3 is 10.3 Å². The molecule has 1 fully saturated rings. The van der Waals surface area contributed by atoms with E-state index in [1.165, 1.54) is 19.4 Å². The normalized spacial score (nSPS) is 22.2. The molecule has 0 radical (unpaired) electrons. The van der Waals surface area contributed by atoms with Crippen molar-refractivity contribution in [2.45, 2.75) is 32.4 Å². The van der Waals surface area contributed by atoms with Gasteiger partial charge in [0.1, 0.15) is 0 Å². The number of hydrogen-bond donors (Lipinski definition) is 2. The van der Waals surface area contributed by atoms with E-state index in [1.54, 1.807) is 0 Å². The quantitative estimate of drug-likeness (QED) is 0.633. The Balaban J connectivity index is 2.06. The fraction of sp³-hybridized carbons (Fsp3) is 0.643. The van der Waals surface area contributed by atoms with Crippen molar-refractivity contribution >= 4 is 5.69 Å². The molecule has 1 aromatic rings. The van der Waals surface area contributed by atoms with E-state index in [-0.39, 0.29) is 0 Å². The first-order chi connectivity index (χ1) is 9.22. The van der Waals surface area contributed by atoms with E-state index < -0.39 is 0 Å². The molecule has 0 amide bonds. The Kier molecular flexibility index (Phi) is 5.13. The summed E-state index contributed by atoms with van der Waals surface area (Å²) in [6, 6.07) is 4.53. The monoisotopic (exact) mass is 263 g/mol. The Morgan fingerprint density at radius 1 is 1.47 bits per heavy atom. The van der Waals surface area contributed by atoms with Crippen molar-refractivity contribution in [1.82, 2.24) is 14.8 Å². The molecule has 0 spiro atoms. The molecule has 1 atom stereocenters. The molecule has 2 rings (SSSR count). The zero-order chi connectivity index (χ0) is 13.7. The molecule has 1 aliphatic heterocycles. The highest BCUT2D eigenvalue weighted by molar-refractivity contribution is 5.41. The van der Waals surface area contributed by atoms with E-state index in [2.05, 4.69) is 34.2 Å². The van der Waals surface area contributed by atoms with Gasteiger partial charge in [0.05, 0.1) is 11.4 Å². The summed E-state index contributed by atoms with van der Waals surface area (Å²) in [4.78, 5) is 9.43. The van der Waals surface area contributed by atoms with Crippen LogP contribution in [0.2, 0.25) is 0 Å². The van der Waals surface area contributed by atoms with Crippen LogP contribution >= 0.6 is 0 Å². The van der Waals surface area contributed by atoms with Crippen LogP contribution in [-0.2, 0) is 6.54 Å². The van der Waals surface area contributed by atoms with Gasteiger partial charge in [0.25, 0.3) is 0 Å². The van der Waals surface area contributed by atoms with Crippen LogP contribution in [0, 0.1) is 0 Å². The molecular weight excluding hydrogens is 238 g/mol. The number of likely N-dealkylation sites (N-methyl/N-ethyl adjacent to an activating group) is 1. The molecule has 0 aromatic carbocycles. The minimum Gasteiger partial charge on any atom is -0.324 e. The highest BCUT2D eigenvalue weighted by atomic mass is 15.2. The second-order valence-electron chi connectivity index (χ2n) is 5.33. The maximum Gasteiger partial charge on any atom is 0.0565 e. The van der Waals surface area contributed by atoms with Crippen molar-refractivity contribution < 1.29 is 0 Å². The van der Waals surface area contributed by atoms with Gasteiger partial charge in [0.2, 0.25) is 0 Å². The predicted molar refractivity (Wildman–Crippen MR) is 78.7 cm³/mol. The summed E-state index contributed by atoms with van der Waals surface area (Å²) in [5, 5.41) is 0. The molecule has 1 aliphatic rings. The fourth-order valence-corrected chi connectivity index (χ4v) is 2.75. The Labute approximate surface area is 115 Å². The number of nitrogens with zero attached hydrogens (tertiary/aromatic N) is 3. The molecule has 0 bridgehead atoms. The smallest absolute Gasteiger partial charge is 0.0565 e. The Hall–Kier alpha value is -1.17. The maximum absolute atomic E-state index is 5.45. The van der Waals surface area contributed by atoms with Crippen LogP contribution in [0.3, 0.4) is 0 Å². The minimum absolute atomic E-state index is 0.615. The number of anilines is 1. The second-order valence-corrected chi connectivity index (χ2v) is 5.33. The molecule has 0 aliphatic carbocycles. The van der Waals surface area contributed by atoms with Crippen molar-refractivity contribution in [3.63, 3.8) is 0 Å². The number of rotatable bonds is 4. The van der Waals surface area contributed by atoms with Crippen molar-refractivity contribution in [3.05, 3.63) is 24.0 Å². The zero-order valence-electron chi connectivity index (χ0n) is 12.0. The number of hydrazine groups is 1. The SMILES string of the molecule is CCC1CN(C)CCCN1Cc1cc(NN)ccn1. The van der Waals surface area contributed by atoms with Crippen LogP contribution in [0.4, 0.5) is 5.69 Å². The van der Waals surface area contributed by atoms with E-state index in [1.807, 2.05) is 18.3 Å². The molecule has 19 heavy (non-hydrogen) atoms. The van der Waals surface area contributed by atoms with Gasteiger partial charge in [0, 0.05) is 31.9 Å². The van der Waals surface area contributed by atoms with Crippen LogP contribution in [0.1, 0.15) is 25.5 Å². The summed E-state index contributed by atoms with van der Waals surface area (Å²) in [6.45, 7) is 6.64. The van der Waals surface area contributed by atoms with Crippen molar-refractivity contribution in [1.29, 1.82) is 0 Å². The molecule has 1 saturated heterocycles.